The Hall–Kier alpha value is -0.120. The van der Waals surface area contributed by atoms with Gasteiger partial charge in [0.25, 0.3) is 0 Å². The fourth-order valence-corrected chi connectivity index (χ4v) is 3.12. The van der Waals surface area contributed by atoms with Crippen LogP contribution in [-0.2, 0) is 4.74 Å². The minimum absolute atomic E-state index is 0.662. The zero-order valence-corrected chi connectivity index (χ0v) is 12.3. The quantitative estimate of drug-likeness (QED) is 0.835. The molecule has 3 nitrogen and oxygen atoms in total. The van der Waals surface area contributed by atoms with Gasteiger partial charge in [-0.3, -0.25) is 4.90 Å². The maximum atomic E-state index is 5.47. The number of nitrogens with one attached hydrogen (secondary N) is 1. The Kier molecular flexibility index (Phi) is 5.46. The summed E-state index contributed by atoms with van der Waals surface area (Å²) in [6, 6.07) is 1.39. The molecule has 3 heteroatoms. The minimum atomic E-state index is 0.662. The molecule has 0 aliphatic carbocycles. The third-order valence-electron chi connectivity index (χ3n) is 4.66. The molecule has 0 aromatic carbocycles. The van der Waals surface area contributed by atoms with Crippen LogP contribution in [0.25, 0.3) is 0 Å². The van der Waals surface area contributed by atoms with Gasteiger partial charge in [-0.15, -0.1) is 0 Å². The maximum absolute atomic E-state index is 5.47. The van der Waals surface area contributed by atoms with Gasteiger partial charge in [0.15, 0.2) is 0 Å². The van der Waals surface area contributed by atoms with Gasteiger partial charge in [-0.25, -0.2) is 0 Å². The highest BCUT2D eigenvalue weighted by Gasteiger charge is 2.27. The number of hydrogen-bond donors (Lipinski definition) is 1. The van der Waals surface area contributed by atoms with Gasteiger partial charge < -0.3 is 10.1 Å². The van der Waals surface area contributed by atoms with Crippen LogP contribution in [0, 0.1) is 11.8 Å². The van der Waals surface area contributed by atoms with E-state index in [2.05, 4.69) is 31.0 Å². The summed E-state index contributed by atoms with van der Waals surface area (Å²) < 4.78 is 5.47. The molecule has 106 valence electrons. The van der Waals surface area contributed by atoms with Crippen LogP contribution in [0.2, 0.25) is 0 Å². The third-order valence-corrected chi connectivity index (χ3v) is 4.66. The molecule has 1 N–H and O–H groups in total. The number of ether oxygens (including phenoxy) is 1. The normalized spacial score (nSPS) is 32.7. The van der Waals surface area contributed by atoms with Crippen molar-refractivity contribution >= 4 is 0 Å². The summed E-state index contributed by atoms with van der Waals surface area (Å²) in [5, 5.41) is 3.71. The van der Waals surface area contributed by atoms with E-state index in [4.69, 9.17) is 4.74 Å². The molecule has 2 aliphatic rings. The standard InChI is InChI=1S/C15H30N2O/c1-12(2)15-11-17(13(3)4-7-16-15)10-14-5-8-18-9-6-14/h12-16H,4-11H2,1-3H3. The summed E-state index contributed by atoms with van der Waals surface area (Å²) >= 11 is 0. The average Bonchev–Trinajstić information content (AvgIpc) is 2.54. The molecule has 2 aliphatic heterocycles. The fourth-order valence-electron chi connectivity index (χ4n) is 3.12. The van der Waals surface area contributed by atoms with Crippen LogP contribution in [0.1, 0.15) is 40.0 Å². The smallest absolute Gasteiger partial charge is 0.0469 e. The van der Waals surface area contributed by atoms with E-state index in [0.717, 1.165) is 31.1 Å². The molecule has 0 aromatic heterocycles. The van der Waals surface area contributed by atoms with E-state index >= 15 is 0 Å². The monoisotopic (exact) mass is 254 g/mol. The summed E-state index contributed by atoms with van der Waals surface area (Å²) in [5.41, 5.74) is 0. The molecule has 0 radical (unpaired) electrons. The van der Waals surface area contributed by atoms with Crippen molar-refractivity contribution in [3.63, 3.8) is 0 Å². The van der Waals surface area contributed by atoms with Crippen molar-refractivity contribution in [2.24, 2.45) is 11.8 Å². The van der Waals surface area contributed by atoms with Crippen LogP contribution in [-0.4, -0.2) is 49.8 Å². The molecular weight excluding hydrogens is 224 g/mol. The molecule has 2 rings (SSSR count). The predicted octanol–water partition coefficient (Wildman–Crippen LogP) is 2.12. The summed E-state index contributed by atoms with van der Waals surface area (Å²) in [5.74, 6) is 1.58. The van der Waals surface area contributed by atoms with Gasteiger partial charge in [-0.1, -0.05) is 13.8 Å². The second-order valence-corrected chi connectivity index (χ2v) is 6.45. The van der Waals surface area contributed by atoms with E-state index in [-0.39, 0.29) is 0 Å². The van der Waals surface area contributed by atoms with Crippen molar-refractivity contribution in [3.05, 3.63) is 0 Å². The van der Waals surface area contributed by atoms with Crippen molar-refractivity contribution in [2.75, 3.05) is 32.8 Å². The SMILES string of the molecule is CC(C)C1CN(CC2CCOCC2)C(C)CCN1. The van der Waals surface area contributed by atoms with Crippen molar-refractivity contribution in [1.82, 2.24) is 10.2 Å². The Bertz CT molecular complexity index is 239. The van der Waals surface area contributed by atoms with Crippen molar-refractivity contribution in [3.8, 4) is 0 Å². The van der Waals surface area contributed by atoms with Gasteiger partial charge in [0, 0.05) is 38.4 Å². The van der Waals surface area contributed by atoms with Gasteiger partial charge in [0.2, 0.25) is 0 Å². The lowest BCUT2D eigenvalue weighted by Crippen LogP contribution is -2.45. The second kappa shape index (κ2) is 6.88. The largest absolute Gasteiger partial charge is 0.381 e. The molecule has 2 unspecified atom stereocenters. The van der Waals surface area contributed by atoms with E-state index in [1.54, 1.807) is 0 Å². The zero-order valence-electron chi connectivity index (χ0n) is 12.3. The molecule has 2 saturated heterocycles. The Morgan fingerprint density at radius 3 is 2.61 bits per heavy atom. The van der Waals surface area contributed by atoms with Crippen LogP contribution >= 0.6 is 0 Å². The lowest BCUT2D eigenvalue weighted by molar-refractivity contribution is 0.0454. The highest BCUT2D eigenvalue weighted by atomic mass is 16.5. The molecular formula is C15H30N2O. The fraction of sp³-hybridized carbons (Fsp3) is 1.00. The lowest BCUT2D eigenvalue weighted by Gasteiger charge is -2.34. The Balaban J connectivity index is 1.89. The highest BCUT2D eigenvalue weighted by molar-refractivity contribution is 4.84. The maximum Gasteiger partial charge on any atom is 0.0469 e. The predicted molar refractivity (Wildman–Crippen MR) is 75.8 cm³/mol. The number of rotatable bonds is 3. The molecule has 2 heterocycles. The Labute approximate surface area is 112 Å². The first-order chi connectivity index (χ1) is 8.66. The van der Waals surface area contributed by atoms with E-state index in [9.17, 15) is 0 Å². The van der Waals surface area contributed by atoms with Crippen molar-refractivity contribution < 1.29 is 4.74 Å². The first-order valence-corrected chi connectivity index (χ1v) is 7.72. The van der Waals surface area contributed by atoms with Crippen LogP contribution in [0.3, 0.4) is 0 Å². The van der Waals surface area contributed by atoms with Crippen molar-refractivity contribution in [2.45, 2.75) is 52.1 Å². The number of hydrogen-bond acceptors (Lipinski definition) is 3. The first-order valence-electron chi connectivity index (χ1n) is 7.72. The molecule has 0 bridgehead atoms. The topological polar surface area (TPSA) is 24.5 Å². The second-order valence-electron chi connectivity index (χ2n) is 6.45. The first kappa shape index (κ1) is 14.3. The summed E-state index contributed by atoms with van der Waals surface area (Å²) in [6.45, 7) is 12.7. The Morgan fingerprint density at radius 2 is 1.94 bits per heavy atom. The van der Waals surface area contributed by atoms with Crippen LogP contribution in [0.5, 0.6) is 0 Å². The third kappa shape index (κ3) is 3.94. The van der Waals surface area contributed by atoms with Gasteiger partial charge in [-0.2, -0.15) is 0 Å². The van der Waals surface area contributed by atoms with E-state index < -0.39 is 0 Å². The van der Waals surface area contributed by atoms with E-state index in [1.807, 2.05) is 0 Å². The van der Waals surface area contributed by atoms with Gasteiger partial charge in [0.1, 0.15) is 0 Å². The van der Waals surface area contributed by atoms with Gasteiger partial charge in [-0.05, 0) is 44.6 Å². The molecule has 0 spiro atoms. The summed E-state index contributed by atoms with van der Waals surface area (Å²) in [4.78, 5) is 2.72. The molecule has 18 heavy (non-hydrogen) atoms. The van der Waals surface area contributed by atoms with E-state index in [0.29, 0.717) is 6.04 Å². The minimum Gasteiger partial charge on any atom is -0.381 e. The average molecular weight is 254 g/mol. The molecule has 2 atom stereocenters. The van der Waals surface area contributed by atoms with Crippen LogP contribution in [0.15, 0.2) is 0 Å². The Morgan fingerprint density at radius 1 is 1.22 bits per heavy atom. The van der Waals surface area contributed by atoms with Gasteiger partial charge in [0.05, 0.1) is 0 Å². The lowest BCUT2D eigenvalue weighted by atomic mass is 9.97. The van der Waals surface area contributed by atoms with Crippen molar-refractivity contribution in [1.29, 1.82) is 0 Å². The highest BCUT2D eigenvalue weighted by Crippen LogP contribution is 2.20. The molecule has 0 saturated carbocycles. The number of nitrogens with zero attached hydrogens (tertiary/aromatic N) is 1. The van der Waals surface area contributed by atoms with Gasteiger partial charge >= 0.3 is 0 Å². The molecule has 0 amide bonds. The van der Waals surface area contributed by atoms with Crippen LogP contribution in [0.4, 0.5) is 0 Å². The zero-order chi connectivity index (χ0) is 13.0. The van der Waals surface area contributed by atoms with E-state index in [1.165, 1.54) is 38.9 Å². The summed E-state index contributed by atoms with van der Waals surface area (Å²) in [7, 11) is 0. The summed E-state index contributed by atoms with van der Waals surface area (Å²) in [6.07, 6.45) is 3.79. The van der Waals surface area contributed by atoms with Crippen LogP contribution < -0.4 is 5.32 Å². The molecule has 0 aromatic rings. The molecule has 2 fully saturated rings.